The average molecular weight is 504 g/mol. The van der Waals surface area contributed by atoms with Crippen LogP contribution in [0.5, 0.6) is 0 Å². The maximum Gasteiger partial charge on any atom is 0.411 e. The number of hydrogen-bond acceptors (Lipinski definition) is 7. The summed E-state index contributed by atoms with van der Waals surface area (Å²) in [7, 11) is 0. The van der Waals surface area contributed by atoms with Crippen LogP contribution in [-0.4, -0.2) is 65.9 Å². The van der Waals surface area contributed by atoms with Gasteiger partial charge in [-0.1, -0.05) is 36.4 Å². The van der Waals surface area contributed by atoms with Crippen molar-refractivity contribution in [2.75, 3.05) is 44.6 Å². The molecule has 9 heteroatoms. The summed E-state index contributed by atoms with van der Waals surface area (Å²) >= 11 is 0. The van der Waals surface area contributed by atoms with E-state index in [2.05, 4.69) is 20.6 Å². The minimum Gasteiger partial charge on any atom is -0.450 e. The lowest BCUT2D eigenvalue weighted by molar-refractivity contribution is -0.118. The van der Waals surface area contributed by atoms with Crippen molar-refractivity contribution in [3.05, 3.63) is 82.1 Å². The number of ketones is 1. The summed E-state index contributed by atoms with van der Waals surface area (Å²) in [5.74, 6) is 0.234. The number of rotatable bonds is 10. The third-order valence-electron chi connectivity index (χ3n) is 6.22. The Bertz CT molecular complexity index is 1270. The molecule has 37 heavy (non-hydrogen) atoms. The summed E-state index contributed by atoms with van der Waals surface area (Å²) in [5, 5.41) is 10.5. The lowest BCUT2D eigenvalue weighted by atomic mass is 10.0. The van der Waals surface area contributed by atoms with Crippen LogP contribution in [0.15, 0.2) is 65.5 Å². The van der Waals surface area contributed by atoms with E-state index in [0.717, 1.165) is 49.4 Å². The highest BCUT2D eigenvalue weighted by Crippen LogP contribution is 2.18. The molecule has 194 valence electrons. The van der Waals surface area contributed by atoms with Crippen LogP contribution < -0.4 is 16.2 Å². The fourth-order valence-electron chi connectivity index (χ4n) is 4.25. The third kappa shape index (κ3) is 7.83. The first kappa shape index (κ1) is 26.2. The molecule has 2 heterocycles. The number of hydrogen-bond donors (Lipinski definition) is 2. The van der Waals surface area contributed by atoms with E-state index in [0.29, 0.717) is 24.2 Å². The second-order valence-electron chi connectivity index (χ2n) is 9.01. The molecular weight excluding hydrogens is 470 g/mol. The van der Waals surface area contributed by atoms with Gasteiger partial charge in [-0.15, -0.1) is 0 Å². The van der Waals surface area contributed by atoms with Crippen molar-refractivity contribution in [3.63, 3.8) is 0 Å². The zero-order chi connectivity index (χ0) is 26.0. The summed E-state index contributed by atoms with van der Waals surface area (Å²) in [5.41, 5.74) is 3.67. The van der Waals surface area contributed by atoms with Crippen LogP contribution in [0.2, 0.25) is 0 Å². The molecule has 2 aromatic carbocycles. The van der Waals surface area contributed by atoms with Gasteiger partial charge < -0.3 is 15.0 Å². The molecule has 0 unspecified atom stereocenters. The van der Waals surface area contributed by atoms with E-state index in [1.807, 2.05) is 30.3 Å². The Morgan fingerprint density at radius 3 is 2.57 bits per heavy atom. The molecule has 1 aliphatic rings. The molecule has 1 fully saturated rings. The SMILES string of the molecule is CCOC(=O)Nc1cccc(Cn2nc(-c3ccc(CC(=O)CCN4CCNCC4)cc3)ccc2=O)c1. The van der Waals surface area contributed by atoms with Gasteiger partial charge in [0, 0.05) is 62.9 Å². The number of amides is 1. The fourth-order valence-corrected chi connectivity index (χ4v) is 4.25. The number of nitrogens with one attached hydrogen (secondary N) is 2. The number of carbonyl (C=O) groups excluding carboxylic acids is 2. The maximum atomic E-state index is 12.5. The summed E-state index contributed by atoms with van der Waals surface area (Å²) < 4.78 is 6.31. The number of ether oxygens (including phenoxy) is 1. The zero-order valence-electron chi connectivity index (χ0n) is 21.1. The van der Waals surface area contributed by atoms with Crippen LogP contribution in [-0.2, 0) is 22.5 Å². The molecule has 1 amide bonds. The highest BCUT2D eigenvalue weighted by atomic mass is 16.5. The number of Topliss-reactive ketones (excluding diaryl/α,β-unsaturated/α-hetero) is 1. The minimum atomic E-state index is -0.526. The van der Waals surface area contributed by atoms with Crippen LogP contribution in [0.25, 0.3) is 11.3 Å². The Kier molecular flexibility index (Phi) is 9.18. The van der Waals surface area contributed by atoms with Gasteiger partial charge in [-0.2, -0.15) is 5.10 Å². The quantitative estimate of drug-likeness (QED) is 0.438. The van der Waals surface area contributed by atoms with Crippen molar-refractivity contribution in [2.45, 2.75) is 26.3 Å². The second kappa shape index (κ2) is 12.9. The Morgan fingerprint density at radius 2 is 1.81 bits per heavy atom. The highest BCUT2D eigenvalue weighted by molar-refractivity contribution is 5.84. The molecule has 2 N–H and O–H groups in total. The van der Waals surface area contributed by atoms with Gasteiger partial charge in [-0.05, 0) is 36.2 Å². The molecule has 0 bridgehead atoms. The Balaban J connectivity index is 1.38. The maximum absolute atomic E-state index is 12.5. The van der Waals surface area contributed by atoms with Gasteiger partial charge in [0.15, 0.2) is 0 Å². The molecule has 0 radical (unpaired) electrons. The predicted octanol–water partition coefficient (Wildman–Crippen LogP) is 2.93. The van der Waals surface area contributed by atoms with E-state index in [1.165, 1.54) is 10.7 Å². The van der Waals surface area contributed by atoms with E-state index >= 15 is 0 Å². The normalized spacial score (nSPS) is 13.8. The Hall–Kier alpha value is -3.82. The van der Waals surface area contributed by atoms with Crippen LogP contribution in [0.4, 0.5) is 10.5 Å². The molecule has 3 aromatic rings. The molecule has 0 atom stereocenters. The third-order valence-corrected chi connectivity index (χ3v) is 6.22. The van der Waals surface area contributed by atoms with Gasteiger partial charge in [0.05, 0.1) is 18.8 Å². The Labute approximate surface area is 216 Å². The number of anilines is 1. The molecule has 4 rings (SSSR count). The topological polar surface area (TPSA) is 106 Å². The summed E-state index contributed by atoms with van der Waals surface area (Å²) in [6, 6.07) is 18.2. The van der Waals surface area contributed by atoms with Crippen molar-refractivity contribution < 1.29 is 14.3 Å². The zero-order valence-corrected chi connectivity index (χ0v) is 21.1. The van der Waals surface area contributed by atoms with E-state index < -0.39 is 6.09 Å². The van der Waals surface area contributed by atoms with Crippen molar-refractivity contribution in [3.8, 4) is 11.3 Å². The molecule has 1 aromatic heterocycles. The smallest absolute Gasteiger partial charge is 0.411 e. The fraction of sp³-hybridized carbons (Fsp3) is 0.357. The second-order valence-corrected chi connectivity index (χ2v) is 9.01. The minimum absolute atomic E-state index is 0.223. The molecule has 1 aliphatic heterocycles. The van der Waals surface area contributed by atoms with Crippen molar-refractivity contribution in [2.24, 2.45) is 0 Å². The Morgan fingerprint density at radius 1 is 1.03 bits per heavy atom. The van der Waals surface area contributed by atoms with Crippen molar-refractivity contribution in [1.82, 2.24) is 20.0 Å². The van der Waals surface area contributed by atoms with Gasteiger partial charge in [-0.25, -0.2) is 9.48 Å². The first-order chi connectivity index (χ1) is 18.0. The predicted molar refractivity (Wildman–Crippen MR) is 143 cm³/mol. The van der Waals surface area contributed by atoms with E-state index in [4.69, 9.17) is 4.74 Å². The van der Waals surface area contributed by atoms with E-state index in [-0.39, 0.29) is 24.5 Å². The van der Waals surface area contributed by atoms with Crippen LogP contribution in [0.1, 0.15) is 24.5 Å². The van der Waals surface area contributed by atoms with Gasteiger partial charge in [0.25, 0.3) is 5.56 Å². The number of nitrogens with zero attached hydrogens (tertiary/aromatic N) is 3. The number of benzene rings is 2. The standard InChI is InChI=1S/C28H33N5O4/c1-2-37-28(36)30-24-5-3-4-22(18-24)20-33-27(35)11-10-26(31-33)23-8-6-21(7-9-23)19-25(34)12-15-32-16-13-29-14-17-32/h3-11,18,29H,2,12-17,19-20H2,1H3,(H,30,36). The van der Waals surface area contributed by atoms with Crippen LogP contribution in [0, 0.1) is 0 Å². The first-order valence-electron chi connectivity index (χ1n) is 12.6. The lowest BCUT2D eigenvalue weighted by Crippen LogP contribution is -2.44. The number of carbonyl (C=O) groups is 2. The van der Waals surface area contributed by atoms with Crippen LogP contribution >= 0.6 is 0 Å². The highest BCUT2D eigenvalue weighted by Gasteiger charge is 2.12. The lowest BCUT2D eigenvalue weighted by Gasteiger charge is -2.26. The van der Waals surface area contributed by atoms with Gasteiger partial charge in [0.2, 0.25) is 0 Å². The molecular formula is C28H33N5O4. The molecule has 9 nitrogen and oxygen atoms in total. The molecule has 1 saturated heterocycles. The molecule has 0 spiro atoms. The molecule has 0 aliphatic carbocycles. The van der Waals surface area contributed by atoms with Crippen molar-refractivity contribution >= 4 is 17.6 Å². The largest absolute Gasteiger partial charge is 0.450 e. The summed E-state index contributed by atoms with van der Waals surface area (Å²) in [6.07, 6.45) is 0.446. The van der Waals surface area contributed by atoms with E-state index in [1.54, 1.807) is 31.2 Å². The number of piperazine rings is 1. The summed E-state index contributed by atoms with van der Waals surface area (Å²) in [6.45, 7) is 7.04. The van der Waals surface area contributed by atoms with Crippen molar-refractivity contribution in [1.29, 1.82) is 0 Å². The van der Waals surface area contributed by atoms with Gasteiger partial charge in [0.1, 0.15) is 5.78 Å². The van der Waals surface area contributed by atoms with Crippen LogP contribution in [0.3, 0.4) is 0 Å². The molecule has 0 saturated carbocycles. The van der Waals surface area contributed by atoms with Gasteiger partial charge >= 0.3 is 6.09 Å². The summed E-state index contributed by atoms with van der Waals surface area (Å²) in [4.78, 5) is 39.0. The first-order valence-corrected chi connectivity index (χ1v) is 12.6. The monoisotopic (exact) mass is 503 g/mol. The number of aromatic nitrogens is 2. The van der Waals surface area contributed by atoms with E-state index in [9.17, 15) is 14.4 Å². The average Bonchev–Trinajstić information content (AvgIpc) is 2.90. The van der Waals surface area contributed by atoms with Gasteiger partial charge in [-0.3, -0.25) is 14.9 Å².